The maximum Gasteiger partial charge on any atom is 0.341 e. The van der Waals surface area contributed by atoms with Gasteiger partial charge in [0.15, 0.2) is 23.3 Å². The van der Waals surface area contributed by atoms with Gasteiger partial charge in [0.2, 0.25) is 0 Å². The number of thioether (sulfide) groups is 1. The highest BCUT2D eigenvalue weighted by atomic mass is 35.5. The molecule has 1 amide bonds. The molecule has 1 aromatic carbocycles. The Kier molecular flexibility index (Phi) is 6.33. The number of aliphatic imine (C=N–C) groups is 1. The predicted molar refractivity (Wildman–Crippen MR) is 97.4 cm³/mol. The summed E-state index contributed by atoms with van der Waals surface area (Å²) in [5.74, 6) is -0.805. The smallest absolute Gasteiger partial charge is 0.341 e. The van der Waals surface area contributed by atoms with Crippen molar-refractivity contribution in [2.24, 2.45) is 4.99 Å². The Bertz CT molecular complexity index is 763. The van der Waals surface area contributed by atoms with Gasteiger partial charge in [0, 0.05) is 14.1 Å². The fourth-order valence-electron chi connectivity index (χ4n) is 2.11. The molecule has 0 bridgehead atoms. The summed E-state index contributed by atoms with van der Waals surface area (Å²) < 4.78 is 10.7. The second kappa shape index (κ2) is 8.26. The third kappa shape index (κ3) is 4.46. The molecule has 0 saturated carbocycles. The number of benzene rings is 1. The maximum absolute atomic E-state index is 12.2. The van der Waals surface area contributed by atoms with Gasteiger partial charge in [0.1, 0.15) is 0 Å². The molecule has 0 unspecified atom stereocenters. The summed E-state index contributed by atoms with van der Waals surface area (Å²) in [7, 11) is 3.27. The van der Waals surface area contributed by atoms with Gasteiger partial charge in [-0.25, -0.2) is 4.79 Å². The van der Waals surface area contributed by atoms with Crippen molar-refractivity contribution in [2.45, 2.75) is 6.92 Å². The van der Waals surface area contributed by atoms with Gasteiger partial charge in [0.05, 0.1) is 16.5 Å². The summed E-state index contributed by atoms with van der Waals surface area (Å²) >= 11 is 7.47. The molecule has 1 fully saturated rings. The Morgan fingerprint density at radius 2 is 2.16 bits per heavy atom. The normalized spacial score (nSPS) is 17.4. The van der Waals surface area contributed by atoms with Gasteiger partial charge in [-0.3, -0.25) is 14.7 Å². The lowest BCUT2D eigenvalue weighted by atomic mass is 10.1. The highest BCUT2D eigenvalue weighted by Gasteiger charge is 2.29. The highest BCUT2D eigenvalue weighted by Crippen LogP contribution is 2.39. The van der Waals surface area contributed by atoms with E-state index in [1.165, 1.54) is 16.7 Å². The molecule has 0 aliphatic carbocycles. The Morgan fingerprint density at radius 3 is 2.72 bits per heavy atom. The van der Waals surface area contributed by atoms with Gasteiger partial charge in [-0.15, -0.1) is 0 Å². The topological polar surface area (TPSA) is 88.4 Å². The highest BCUT2D eigenvalue weighted by molar-refractivity contribution is 8.18. The van der Waals surface area contributed by atoms with E-state index >= 15 is 0 Å². The molecule has 1 aliphatic heterocycles. The molecule has 1 saturated heterocycles. The molecule has 1 aromatic rings. The van der Waals surface area contributed by atoms with Crippen LogP contribution in [0.4, 0.5) is 0 Å². The minimum absolute atomic E-state index is 0.159. The molecule has 9 heteroatoms. The first kappa shape index (κ1) is 19.1. The molecular formula is C16H17ClN2O5S. The van der Waals surface area contributed by atoms with Crippen LogP contribution in [0, 0.1) is 0 Å². The zero-order chi connectivity index (χ0) is 18.6. The number of nitrogens with zero attached hydrogens (tertiary/aromatic N) is 2. The van der Waals surface area contributed by atoms with Crippen molar-refractivity contribution in [2.75, 3.05) is 27.3 Å². The number of halogens is 1. The lowest BCUT2D eigenvalue weighted by Crippen LogP contribution is -2.23. The SMILES string of the molecule is CCOc1cc(/C=C2/SC(=NC)N(C)C2=O)cc(Cl)c1OCC(=O)O. The molecule has 2 rings (SSSR count). The number of aliphatic carboxylic acids is 1. The minimum Gasteiger partial charge on any atom is -0.490 e. The lowest BCUT2D eigenvalue weighted by molar-refractivity contribution is -0.139. The second-order valence-electron chi connectivity index (χ2n) is 4.93. The molecule has 1 heterocycles. The first-order valence-electron chi connectivity index (χ1n) is 7.32. The van der Waals surface area contributed by atoms with E-state index in [-0.39, 0.29) is 16.7 Å². The average molecular weight is 385 g/mol. The van der Waals surface area contributed by atoms with Crippen LogP contribution in [0.2, 0.25) is 5.02 Å². The van der Waals surface area contributed by atoms with Crippen molar-refractivity contribution >= 4 is 46.5 Å². The largest absolute Gasteiger partial charge is 0.490 e. The van der Waals surface area contributed by atoms with Gasteiger partial charge in [0.25, 0.3) is 5.91 Å². The summed E-state index contributed by atoms with van der Waals surface area (Å²) in [4.78, 5) is 28.9. The van der Waals surface area contributed by atoms with Crippen molar-refractivity contribution in [3.8, 4) is 11.5 Å². The van der Waals surface area contributed by atoms with Gasteiger partial charge < -0.3 is 14.6 Å². The molecule has 1 N–H and O–H groups in total. The Labute approximate surface area is 154 Å². The van der Waals surface area contributed by atoms with E-state index in [0.29, 0.717) is 28.0 Å². The van der Waals surface area contributed by atoms with Crippen LogP contribution < -0.4 is 9.47 Å². The van der Waals surface area contributed by atoms with Crippen molar-refractivity contribution in [3.63, 3.8) is 0 Å². The van der Waals surface area contributed by atoms with Gasteiger partial charge in [-0.2, -0.15) is 0 Å². The molecule has 1 aliphatic rings. The molecule has 134 valence electrons. The van der Waals surface area contributed by atoms with Crippen molar-refractivity contribution in [1.29, 1.82) is 0 Å². The van der Waals surface area contributed by atoms with Gasteiger partial charge >= 0.3 is 5.97 Å². The van der Waals surface area contributed by atoms with Crippen molar-refractivity contribution in [1.82, 2.24) is 4.90 Å². The van der Waals surface area contributed by atoms with Crippen molar-refractivity contribution in [3.05, 3.63) is 27.6 Å². The number of carbonyl (C=O) groups is 2. The molecule has 0 atom stereocenters. The second-order valence-corrected chi connectivity index (χ2v) is 6.34. The van der Waals surface area contributed by atoms with Crippen LogP contribution in [0.15, 0.2) is 22.0 Å². The van der Waals surface area contributed by atoms with Crippen LogP contribution in [0.1, 0.15) is 12.5 Å². The molecule has 0 spiro atoms. The van der Waals surface area contributed by atoms with E-state index < -0.39 is 12.6 Å². The summed E-state index contributed by atoms with van der Waals surface area (Å²) in [5.41, 5.74) is 0.637. The number of carboxylic acids is 1. The van der Waals surface area contributed by atoms with Crippen LogP contribution >= 0.6 is 23.4 Å². The quantitative estimate of drug-likeness (QED) is 0.758. The molecular weight excluding hydrogens is 368 g/mol. The Balaban J connectivity index is 2.38. The van der Waals surface area contributed by atoms with Gasteiger partial charge in [-0.05, 0) is 42.5 Å². The molecule has 25 heavy (non-hydrogen) atoms. The third-order valence-corrected chi connectivity index (χ3v) is 4.60. The van der Waals surface area contributed by atoms with Crippen LogP contribution in [-0.4, -0.2) is 54.4 Å². The summed E-state index contributed by atoms with van der Waals surface area (Å²) in [5, 5.41) is 9.57. The Hall–Kier alpha value is -2.19. The zero-order valence-corrected chi connectivity index (χ0v) is 15.5. The number of ether oxygens (including phenoxy) is 2. The van der Waals surface area contributed by atoms with E-state index in [1.54, 1.807) is 39.2 Å². The summed E-state index contributed by atoms with van der Waals surface area (Å²) in [6.07, 6.45) is 1.68. The van der Waals surface area contributed by atoms with Gasteiger partial charge in [-0.1, -0.05) is 11.6 Å². The number of carbonyl (C=O) groups excluding carboxylic acids is 1. The fourth-order valence-corrected chi connectivity index (χ4v) is 3.31. The van der Waals surface area contributed by atoms with Crippen LogP contribution in [-0.2, 0) is 9.59 Å². The molecule has 0 aromatic heterocycles. The fraction of sp³-hybridized carbons (Fsp3) is 0.312. The number of likely N-dealkylation sites (N-methyl/N-ethyl adjacent to an activating group) is 1. The lowest BCUT2D eigenvalue weighted by Gasteiger charge is -2.13. The first-order valence-corrected chi connectivity index (χ1v) is 8.52. The van der Waals surface area contributed by atoms with E-state index in [1.807, 2.05) is 0 Å². The van der Waals surface area contributed by atoms with E-state index in [0.717, 1.165) is 0 Å². The van der Waals surface area contributed by atoms with Crippen LogP contribution in [0.5, 0.6) is 11.5 Å². The minimum atomic E-state index is -1.12. The number of hydrogen-bond acceptors (Lipinski definition) is 6. The van der Waals surface area contributed by atoms with E-state index in [2.05, 4.69) is 4.99 Å². The molecule has 0 radical (unpaired) electrons. The van der Waals surface area contributed by atoms with Crippen LogP contribution in [0.3, 0.4) is 0 Å². The summed E-state index contributed by atoms with van der Waals surface area (Å²) in [6.45, 7) is 1.61. The van der Waals surface area contributed by atoms with E-state index in [4.69, 9.17) is 26.2 Å². The summed E-state index contributed by atoms with van der Waals surface area (Å²) in [6, 6.07) is 3.23. The predicted octanol–water partition coefficient (Wildman–Crippen LogP) is 2.73. The van der Waals surface area contributed by atoms with Crippen LogP contribution in [0.25, 0.3) is 6.08 Å². The van der Waals surface area contributed by atoms with E-state index in [9.17, 15) is 9.59 Å². The van der Waals surface area contributed by atoms with Crippen molar-refractivity contribution < 1.29 is 24.2 Å². The number of rotatable bonds is 6. The molecule has 7 nitrogen and oxygen atoms in total. The third-order valence-electron chi connectivity index (χ3n) is 3.16. The number of amidine groups is 1. The zero-order valence-electron chi connectivity index (χ0n) is 13.9. The number of hydrogen-bond donors (Lipinski definition) is 1. The first-order chi connectivity index (χ1) is 11.9. The standard InChI is InChI=1S/C16H17ClN2O5S/c1-4-23-11-6-9(5-10(17)14(11)24-8-13(20)21)7-12-15(22)19(3)16(18-2)25-12/h5-7H,4,8H2,1-3H3,(H,20,21)/b12-7+,18-16?. The monoisotopic (exact) mass is 384 g/mol. The Morgan fingerprint density at radius 1 is 1.44 bits per heavy atom. The number of carboxylic acid groups (broad SMARTS) is 1. The average Bonchev–Trinajstić information content (AvgIpc) is 2.82. The maximum atomic E-state index is 12.2. The number of amides is 1.